The normalized spacial score (nSPS) is 15.2. The number of aryl methyl sites for hydroxylation is 2. The summed E-state index contributed by atoms with van der Waals surface area (Å²) >= 11 is 1.67. The fraction of sp³-hybridized carbons (Fsp3) is 0.364. The molecule has 0 radical (unpaired) electrons. The van der Waals surface area contributed by atoms with Gasteiger partial charge in [0.2, 0.25) is 0 Å². The Hall–Kier alpha value is -2.91. The van der Waals surface area contributed by atoms with Gasteiger partial charge in [0.25, 0.3) is 0 Å². The average molecular weight is 497 g/mol. The minimum Gasteiger partial charge on any atom is -0.496 e. The van der Waals surface area contributed by atoms with Gasteiger partial charge in [-0.1, -0.05) is 86.7 Å². The Morgan fingerprint density at radius 1 is 0.944 bits per heavy atom. The van der Waals surface area contributed by atoms with E-state index in [1.54, 1.807) is 18.4 Å². The number of rotatable bonds is 9. The quantitative estimate of drug-likeness (QED) is 0.216. The summed E-state index contributed by atoms with van der Waals surface area (Å²) in [5, 5.41) is 1.22. The summed E-state index contributed by atoms with van der Waals surface area (Å²) < 4.78 is 6.97. The van der Waals surface area contributed by atoms with E-state index in [1.807, 2.05) is 0 Å². The van der Waals surface area contributed by atoms with Crippen molar-refractivity contribution >= 4 is 27.2 Å². The van der Waals surface area contributed by atoms with E-state index in [0.29, 0.717) is 24.0 Å². The third-order valence-electron chi connectivity index (χ3n) is 8.03. The monoisotopic (exact) mass is 496 g/mol. The van der Waals surface area contributed by atoms with Gasteiger partial charge in [0, 0.05) is 11.1 Å². The molecule has 0 amide bonds. The van der Waals surface area contributed by atoms with E-state index < -0.39 is 0 Å². The van der Waals surface area contributed by atoms with Gasteiger partial charge in [-0.3, -0.25) is 4.79 Å². The zero-order chi connectivity index (χ0) is 24.9. The summed E-state index contributed by atoms with van der Waals surface area (Å²) in [4.78, 5) is 14.6. The van der Waals surface area contributed by atoms with Crippen molar-refractivity contribution in [3.8, 4) is 16.9 Å². The van der Waals surface area contributed by atoms with Crippen LogP contribution in [0.3, 0.4) is 0 Å². The van der Waals surface area contributed by atoms with Crippen molar-refractivity contribution in [2.45, 2.75) is 58.3 Å². The van der Waals surface area contributed by atoms with E-state index >= 15 is 0 Å². The van der Waals surface area contributed by atoms with Crippen molar-refractivity contribution in [1.82, 2.24) is 0 Å². The molecule has 186 valence electrons. The van der Waals surface area contributed by atoms with Crippen LogP contribution in [0.1, 0.15) is 65.7 Å². The zero-order valence-corrected chi connectivity index (χ0v) is 22.3. The minimum absolute atomic E-state index is 0.328. The van der Waals surface area contributed by atoms with Crippen molar-refractivity contribution in [2.24, 2.45) is 11.8 Å². The Morgan fingerprint density at radius 3 is 2.44 bits per heavy atom. The van der Waals surface area contributed by atoms with Crippen LogP contribution in [0.2, 0.25) is 0 Å². The van der Waals surface area contributed by atoms with E-state index in [1.165, 1.54) is 58.9 Å². The van der Waals surface area contributed by atoms with Crippen molar-refractivity contribution in [3.63, 3.8) is 0 Å². The smallest absolute Gasteiger partial charge is 0.173 e. The molecule has 1 atom stereocenters. The lowest BCUT2D eigenvalue weighted by atomic mass is 9.75. The molecular formula is C33H36O2S. The van der Waals surface area contributed by atoms with Crippen LogP contribution >= 0.6 is 11.3 Å². The van der Waals surface area contributed by atoms with Gasteiger partial charge >= 0.3 is 0 Å². The molecule has 0 aliphatic heterocycles. The van der Waals surface area contributed by atoms with Crippen molar-refractivity contribution in [1.29, 1.82) is 0 Å². The number of ether oxygens (including phenoxy) is 1. The first-order chi connectivity index (χ1) is 17.6. The Bertz CT molecular complexity index is 1310. The molecule has 0 spiro atoms. The molecule has 1 aromatic heterocycles. The highest BCUT2D eigenvalue weighted by Crippen LogP contribution is 2.38. The van der Waals surface area contributed by atoms with Crippen molar-refractivity contribution < 1.29 is 9.53 Å². The van der Waals surface area contributed by atoms with Crippen LogP contribution in [0.4, 0.5) is 0 Å². The number of carbonyl (C=O) groups excluding carboxylic acids is 1. The molecule has 1 fully saturated rings. The van der Waals surface area contributed by atoms with Crippen molar-refractivity contribution in [2.75, 3.05) is 7.11 Å². The molecule has 3 aromatic carbocycles. The first kappa shape index (κ1) is 24.8. The van der Waals surface area contributed by atoms with Gasteiger partial charge < -0.3 is 4.74 Å². The highest BCUT2D eigenvalue weighted by atomic mass is 32.1. The lowest BCUT2D eigenvalue weighted by molar-refractivity contribution is 0.0929. The highest BCUT2D eigenvalue weighted by molar-refractivity contribution is 7.21. The molecule has 2 nitrogen and oxygen atoms in total. The van der Waals surface area contributed by atoms with Gasteiger partial charge in [0.1, 0.15) is 5.75 Å². The summed E-state index contributed by atoms with van der Waals surface area (Å²) in [6.07, 6.45) is 9.04. The van der Waals surface area contributed by atoms with E-state index in [2.05, 4.69) is 79.7 Å². The highest BCUT2D eigenvalue weighted by Gasteiger charge is 2.28. The number of ketones is 1. The molecule has 1 unspecified atom stereocenters. The first-order valence-corrected chi connectivity index (χ1v) is 14.2. The maximum absolute atomic E-state index is 13.6. The predicted octanol–water partition coefficient (Wildman–Crippen LogP) is 9.29. The maximum atomic E-state index is 13.6. The number of methoxy groups -OCH3 is 1. The number of thiophene rings is 1. The SMILES string of the molecule is COc1ccc(-c2ccccc2)cc1CCC(CC(=O)c1sc2ccccc2c1C)C1CCCCC1. The molecule has 3 heteroatoms. The fourth-order valence-corrected chi connectivity index (χ4v) is 7.16. The average Bonchev–Trinajstić information content (AvgIpc) is 3.28. The van der Waals surface area contributed by atoms with Crippen LogP contribution in [0.15, 0.2) is 72.8 Å². The Labute approximate surface area is 219 Å². The lowest BCUT2D eigenvalue weighted by Crippen LogP contribution is -2.22. The number of carbonyl (C=O) groups is 1. The second kappa shape index (κ2) is 11.4. The summed E-state index contributed by atoms with van der Waals surface area (Å²) in [5.41, 5.74) is 4.84. The molecule has 1 saturated carbocycles. The van der Waals surface area contributed by atoms with Gasteiger partial charge in [0.05, 0.1) is 12.0 Å². The van der Waals surface area contributed by atoms with Gasteiger partial charge in [-0.25, -0.2) is 0 Å². The largest absolute Gasteiger partial charge is 0.496 e. The van der Waals surface area contributed by atoms with Gasteiger partial charge in [-0.05, 0) is 77.4 Å². The standard InChI is InChI=1S/C33H36O2S/c1-23-29-15-9-10-16-32(29)36-33(23)30(34)22-27(25-13-7-4-8-14-25)17-18-28-21-26(19-20-31(28)35-2)24-11-5-3-6-12-24/h3,5-6,9-12,15-16,19-21,25,27H,4,7-8,13-14,17-18,22H2,1-2H3. The summed E-state index contributed by atoms with van der Waals surface area (Å²) in [6.45, 7) is 2.11. The molecule has 1 aliphatic carbocycles. The Morgan fingerprint density at radius 2 is 1.69 bits per heavy atom. The minimum atomic E-state index is 0.328. The van der Waals surface area contributed by atoms with Crippen LogP contribution in [0.5, 0.6) is 5.75 Å². The van der Waals surface area contributed by atoms with Crippen LogP contribution in [0.25, 0.3) is 21.2 Å². The van der Waals surface area contributed by atoms with Gasteiger partial charge in [-0.2, -0.15) is 0 Å². The molecule has 36 heavy (non-hydrogen) atoms. The zero-order valence-electron chi connectivity index (χ0n) is 21.5. The molecule has 0 N–H and O–H groups in total. The molecule has 4 aromatic rings. The number of fused-ring (bicyclic) bond motifs is 1. The Balaban J connectivity index is 1.38. The first-order valence-electron chi connectivity index (χ1n) is 13.4. The Kier molecular flexibility index (Phi) is 7.87. The summed E-state index contributed by atoms with van der Waals surface area (Å²) in [5.74, 6) is 2.33. The van der Waals surface area contributed by atoms with Crippen LogP contribution in [-0.2, 0) is 6.42 Å². The molecule has 1 heterocycles. The fourth-order valence-electron chi connectivity index (χ4n) is 6.01. The van der Waals surface area contributed by atoms with E-state index in [-0.39, 0.29) is 0 Å². The third kappa shape index (κ3) is 5.42. The van der Waals surface area contributed by atoms with E-state index in [4.69, 9.17) is 4.74 Å². The molecular weight excluding hydrogens is 460 g/mol. The van der Waals surface area contributed by atoms with Crippen LogP contribution in [0, 0.1) is 18.8 Å². The predicted molar refractivity (Wildman–Crippen MR) is 152 cm³/mol. The second-order valence-corrected chi connectivity index (χ2v) is 11.3. The topological polar surface area (TPSA) is 26.3 Å². The summed E-state index contributed by atoms with van der Waals surface area (Å²) in [6, 6.07) is 25.5. The maximum Gasteiger partial charge on any atom is 0.173 e. The molecule has 5 rings (SSSR count). The van der Waals surface area contributed by atoms with Gasteiger partial charge in [-0.15, -0.1) is 11.3 Å². The van der Waals surface area contributed by atoms with E-state index in [0.717, 1.165) is 29.0 Å². The molecule has 0 saturated heterocycles. The lowest BCUT2D eigenvalue weighted by Gasteiger charge is -2.30. The number of Topliss-reactive ketones (excluding diaryl/α,β-unsaturated/α-hetero) is 1. The third-order valence-corrected chi connectivity index (χ3v) is 9.35. The van der Waals surface area contributed by atoms with E-state index in [9.17, 15) is 4.79 Å². The number of benzene rings is 3. The summed E-state index contributed by atoms with van der Waals surface area (Å²) in [7, 11) is 1.76. The molecule has 1 aliphatic rings. The molecule has 0 bridgehead atoms. The van der Waals surface area contributed by atoms with Gasteiger partial charge in [0.15, 0.2) is 5.78 Å². The second-order valence-electron chi connectivity index (χ2n) is 10.3. The number of hydrogen-bond donors (Lipinski definition) is 0. The van der Waals surface area contributed by atoms with Crippen molar-refractivity contribution in [3.05, 3.63) is 88.8 Å². The van der Waals surface area contributed by atoms with Crippen LogP contribution < -0.4 is 4.74 Å². The number of hydrogen-bond acceptors (Lipinski definition) is 3. The van der Waals surface area contributed by atoms with Crippen LogP contribution in [-0.4, -0.2) is 12.9 Å².